The van der Waals surface area contributed by atoms with Crippen molar-refractivity contribution in [2.24, 2.45) is 7.05 Å². The van der Waals surface area contributed by atoms with Crippen LogP contribution in [0.5, 0.6) is 0 Å². The summed E-state index contributed by atoms with van der Waals surface area (Å²) >= 11 is 2.05. The molecule has 2 rings (SSSR count). The molecule has 0 radical (unpaired) electrons. The standard InChI is InChI=1S/C11H19N3S/c1-8-11(9(2)14(3)13-8)12-10-5-4-6-15-7-10/h10,12H,4-7H2,1-3H3. The summed E-state index contributed by atoms with van der Waals surface area (Å²) in [5, 5.41) is 8.06. The lowest BCUT2D eigenvalue weighted by molar-refractivity contribution is 0.683. The zero-order valence-electron chi connectivity index (χ0n) is 9.71. The Morgan fingerprint density at radius 3 is 2.80 bits per heavy atom. The van der Waals surface area contributed by atoms with E-state index in [2.05, 4.69) is 36.0 Å². The molecule has 1 aliphatic heterocycles. The number of aromatic nitrogens is 2. The molecule has 0 spiro atoms. The Balaban J connectivity index is 2.09. The molecule has 0 saturated carbocycles. The number of aryl methyl sites for hydroxylation is 2. The van der Waals surface area contributed by atoms with Crippen LogP contribution >= 0.6 is 11.8 Å². The minimum atomic E-state index is 0.630. The molecule has 0 bridgehead atoms. The van der Waals surface area contributed by atoms with E-state index >= 15 is 0 Å². The fourth-order valence-electron chi connectivity index (χ4n) is 2.04. The number of rotatable bonds is 2. The summed E-state index contributed by atoms with van der Waals surface area (Å²) < 4.78 is 1.95. The van der Waals surface area contributed by atoms with E-state index in [0.29, 0.717) is 6.04 Å². The molecule has 1 fully saturated rings. The fourth-order valence-corrected chi connectivity index (χ4v) is 3.11. The first-order chi connectivity index (χ1) is 7.18. The normalized spacial score (nSPS) is 21.7. The molecule has 84 valence electrons. The maximum Gasteiger partial charge on any atom is 0.0827 e. The summed E-state index contributed by atoms with van der Waals surface area (Å²) in [5.74, 6) is 2.55. The maximum absolute atomic E-state index is 4.42. The van der Waals surface area contributed by atoms with Gasteiger partial charge in [-0.05, 0) is 32.4 Å². The van der Waals surface area contributed by atoms with Crippen molar-refractivity contribution in [2.75, 3.05) is 16.8 Å². The van der Waals surface area contributed by atoms with Crippen LogP contribution in [0.2, 0.25) is 0 Å². The Labute approximate surface area is 95.6 Å². The Morgan fingerprint density at radius 1 is 1.47 bits per heavy atom. The highest BCUT2D eigenvalue weighted by Crippen LogP contribution is 2.24. The largest absolute Gasteiger partial charge is 0.379 e. The first-order valence-electron chi connectivity index (χ1n) is 5.53. The predicted molar refractivity (Wildman–Crippen MR) is 66.7 cm³/mol. The molecular weight excluding hydrogens is 206 g/mol. The van der Waals surface area contributed by atoms with Crippen LogP contribution in [-0.4, -0.2) is 27.3 Å². The lowest BCUT2D eigenvalue weighted by Gasteiger charge is -2.23. The Bertz CT molecular complexity index is 340. The molecule has 1 atom stereocenters. The second-order valence-corrected chi connectivity index (χ2v) is 5.38. The van der Waals surface area contributed by atoms with E-state index in [9.17, 15) is 0 Å². The third kappa shape index (κ3) is 2.30. The van der Waals surface area contributed by atoms with Crippen molar-refractivity contribution in [3.05, 3.63) is 11.4 Å². The van der Waals surface area contributed by atoms with Crippen molar-refractivity contribution >= 4 is 17.4 Å². The minimum absolute atomic E-state index is 0.630. The van der Waals surface area contributed by atoms with E-state index in [1.165, 1.54) is 35.7 Å². The minimum Gasteiger partial charge on any atom is -0.379 e. The van der Waals surface area contributed by atoms with Gasteiger partial charge in [-0.2, -0.15) is 16.9 Å². The van der Waals surface area contributed by atoms with Crippen LogP contribution in [0, 0.1) is 13.8 Å². The molecule has 1 unspecified atom stereocenters. The zero-order valence-corrected chi connectivity index (χ0v) is 10.5. The van der Waals surface area contributed by atoms with Gasteiger partial charge in [-0.15, -0.1) is 0 Å². The lowest BCUT2D eigenvalue weighted by Crippen LogP contribution is -2.26. The Hall–Kier alpha value is -0.640. The quantitative estimate of drug-likeness (QED) is 0.838. The van der Waals surface area contributed by atoms with E-state index in [0.717, 1.165) is 5.69 Å². The monoisotopic (exact) mass is 225 g/mol. The summed E-state index contributed by atoms with van der Waals surface area (Å²) in [6.07, 6.45) is 2.63. The molecule has 2 heterocycles. The van der Waals surface area contributed by atoms with E-state index in [1.807, 2.05) is 11.7 Å². The van der Waals surface area contributed by atoms with Crippen molar-refractivity contribution in [2.45, 2.75) is 32.7 Å². The topological polar surface area (TPSA) is 29.9 Å². The van der Waals surface area contributed by atoms with Crippen molar-refractivity contribution < 1.29 is 0 Å². The van der Waals surface area contributed by atoms with Gasteiger partial charge in [0.15, 0.2) is 0 Å². The summed E-state index contributed by atoms with van der Waals surface area (Å²) in [6, 6.07) is 0.630. The van der Waals surface area contributed by atoms with Crippen LogP contribution in [0.1, 0.15) is 24.2 Å². The van der Waals surface area contributed by atoms with Gasteiger partial charge in [0.1, 0.15) is 0 Å². The lowest BCUT2D eigenvalue weighted by atomic mass is 10.1. The van der Waals surface area contributed by atoms with Gasteiger partial charge in [-0.3, -0.25) is 4.68 Å². The van der Waals surface area contributed by atoms with Gasteiger partial charge in [0.2, 0.25) is 0 Å². The molecule has 1 aromatic heterocycles. The summed E-state index contributed by atoms with van der Waals surface area (Å²) in [7, 11) is 2.00. The molecule has 0 aliphatic carbocycles. The number of nitrogens with zero attached hydrogens (tertiary/aromatic N) is 2. The Morgan fingerprint density at radius 2 is 2.27 bits per heavy atom. The van der Waals surface area contributed by atoms with E-state index in [-0.39, 0.29) is 0 Å². The van der Waals surface area contributed by atoms with Crippen molar-refractivity contribution in [1.82, 2.24) is 9.78 Å². The smallest absolute Gasteiger partial charge is 0.0827 e. The summed E-state index contributed by atoms with van der Waals surface area (Å²) in [6.45, 7) is 4.20. The maximum atomic E-state index is 4.42. The molecule has 4 heteroatoms. The van der Waals surface area contributed by atoms with E-state index < -0.39 is 0 Å². The van der Waals surface area contributed by atoms with Crippen LogP contribution in [0.25, 0.3) is 0 Å². The van der Waals surface area contributed by atoms with Gasteiger partial charge in [0.25, 0.3) is 0 Å². The second-order valence-electron chi connectivity index (χ2n) is 4.23. The highest BCUT2D eigenvalue weighted by Gasteiger charge is 2.17. The van der Waals surface area contributed by atoms with Crippen LogP contribution in [0.4, 0.5) is 5.69 Å². The molecule has 1 aliphatic rings. The van der Waals surface area contributed by atoms with Gasteiger partial charge >= 0.3 is 0 Å². The van der Waals surface area contributed by atoms with Crippen molar-refractivity contribution in [3.8, 4) is 0 Å². The van der Waals surface area contributed by atoms with Gasteiger partial charge in [-0.1, -0.05) is 0 Å². The average Bonchev–Trinajstić information content (AvgIpc) is 2.47. The van der Waals surface area contributed by atoms with Gasteiger partial charge in [-0.25, -0.2) is 0 Å². The molecular formula is C11H19N3S. The highest BCUT2D eigenvalue weighted by molar-refractivity contribution is 7.99. The second kappa shape index (κ2) is 4.47. The summed E-state index contributed by atoms with van der Waals surface area (Å²) in [5.41, 5.74) is 3.60. The van der Waals surface area contributed by atoms with Gasteiger partial charge in [0, 0.05) is 18.8 Å². The van der Waals surface area contributed by atoms with Gasteiger partial charge < -0.3 is 5.32 Å². The van der Waals surface area contributed by atoms with Gasteiger partial charge in [0.05, 0.1) is 17.1 Å². The van der Waals surface area contributed by atoms with Crippen LogP contribution in [0.15, 0.2) is 0 Å². The molecule has 0 amide bonds. The number of anilines is 1. The van der Waals surface area contributed by atoms with Crippen LogP contribution in [0.3, 0.4) is 0 Å². The molecule has 15 heavy (non-hydrogen) atoms. The van der Waals surface area contributed by atoms with Crippen LogP contribution < -0.4 is 5.32 Å². The Kier molecular flexibility index (Phi) is 3.24. The average molecular weight is 225 g/mol. The number of hydrogen-bond donors (Lipinski definition) is 1. The SMILES string of the molecule is Cc1nn(C)c(C)c1NC1CCCSC1. The first-order valence-corrected chi connectivity index (χ1v) is 6.68. The molecule has 1 aromatic rings. The third-order valence-corrected chi connectivity index (χ3v) is 4.23. The number of nitrogens with one attached hydrogen (secondary N) is 1. The molecule has 3 nitrogen and oxygen atoms in total. The number of thioether (sulfide) groups is 1. The molecule has 0 aromatic carbocycles. The van der Waals surface area contributed by atoms with E-state index in [1.54, 1.807) is 0 Å². The fraction of sp³-hybridized carbons (Fsp3) is 0.727. The van der Waals surface area contributed by atoms with Crippen LogP contribution in [-0.2, 0) is 7.05 Å². The number of hydrogen-bond acceptors (Lipinski definition) is 3. The molecule has 1 N–H and O–H groups in total. The predicted octanol–water partition coefficient (Wildman–Crippen LogP) is 2.34. The van der Waals surface area contributed by atoms with E-state index in [4.69, 9.17) is 0 Å². The third-order valence-electron chi connectivity index (χ3n) is 3.02. The zero-order chi connectivity index (χ0) is 10.8. The summed E-state index contributed by atoms with van der Waals surface area (Å²) in [4.78, 5) is 0. The molecule has 1 saturated heterocycles. The van der Waals surface area contributed by atoms with Crippen molar-refractivity contribution in [1.29, 1.82) is 0 Å². The highest BCUT2D eigenvalue weighted by atomic mass is 32.2. The van der Waals surface area contributed by atoms with Crippen molar-refractivity contribution in [3.63, 3.8) is 0 Å². The first kappa shape index (κ1) is 10.9.